The van der Waals surface area contributed by atoms with Crippen LogP contribution in [0.5, 0.6) is 0 Å². The second kappa shape index (κ2) is 3.34. The molecular formula is C8H9NO3. The van der Waals surface area contributed by atoms with Gasteiger partial charge in [0.2, 0.25) is 5.91 Å². The number of carbonyl (C=O) groups excluding carboxylic acids is 1. The van der Waals surface area contributed by atoms with Crippen molar-refractivity contribution in [3.8, 4) is 0 Å². The van der Waals surface area contributed by atoms with Gasteiger partial charge in [-0.3, -0.25) is 4.79 Å². The Bertz CT molecular complexity index is 296. The van der Waals surface area contributed by atoms with Crippen LogP contribution in [0, 0.1) is 0 Å². The summed E-state index contributed by atoms with van der Waals surface area (Å²) in [5, 5.41) is 17.6. The third-order valence-electron chi connectivity index (χ3n) is 1.50. The lowest BCUT2D eigenvalue weighted by molar-refractivity contribution is -0.0429. The first-order valence-corrected chi connectivity index (χ1v) is 3.38. The average Bonchev–Trinajstić information content (AvgIpc) is 2.04. The average molecular weight is 167 g/mol. The molecule has 64 valence electrons. The van der Waals surface area contributed by atoms with E-state index in [-0.39, 0.29) is 11.1 Å². The quantitative estimate of drug-likeness (QED) is 0.532. The summed E-state index contributed by atoms with van der Waals surface area (Å²) in [6.07, 6.45) is -1.66. The van der Waals surface area contributed by atoms with Gasteiger partial charge in [-0.05, 0) is 6.07 Å². The molecule has 0 radical (unpaired) electrons. The number of aliphatic hydroxyl groups is 2. The van der Waals surface area contributed by atoms with Gasteiger partial charge in [0, 0.05) is 11.1 Å². The molecule has 12 heavy (non-hydrogen) atoms. The molecule has 1 rings (SSSR count). The summed E-state index contributed by atoms with van der Waals surface area (Å²) in [4.78, 5) is 10.7. The lowest BCUT2D eigenvalue weighted by Gasteiger charge is -2.06. The Morgan fingerprint density at radius 3 is 2.33 bits per heavy atom. The zero-order valence-corrected chi connectivity index (χ0v) is 6.27. The maximum absolute atomic E-state index is 10.7. The smallest absolute Gasteiger partial charge is 0.249 e. The fourth-order valence-electron chi connectivity index (χ4n) is 0.947. The van der Waals surface area contributed by atoms with E-state index in [4.69, 9.17) is 15.9 Å². The predicted octanol–water partition coefficient (Wildman–Crippen LogP) is -0.231. The van der Waals surface area contributed by atoms with Crippen LogP contribution in [0.25, 0.3) is 0 Å². The van der Waals surface area contributed by atoms with Gasteiger partial charge >= 0.3 is 0 Å². The minimum Gasteiger partial charge on any atom is -0.366 e. The van der Waals surface area contributed by atoms with Crippen LogP contribution in [0.15, 0.2) is 24.3 Å². The Labute approximate surface area is 69.3 Å². The van der Waals surface area contributed by atoms with Gasteiger partial charge in [0.25, 0.3) is 0 Å². The summed E-state index contributed by atoms with van der Waals surface area (Å²) >= 11 is 0. The van der Waals surface area contributed by atoms with Gasteiger partial charge in [0.15, 0.2) is 6.29 Å². The molecule has 0 saturated carbocycles. The summed E-state index contributed by atoms with van der Waals surface area (Å²) in [6.45, 7) is 0. The molecule has 0 spiro atoms. The minimum absolute atomic E-state index is 0.130. The van der Waals surface area contributed by atoms with Crippen LogP contribution in [-0.4, -0.2) is 16.1 Å². The molecule has 0 aromatic heterocycles. The van der Waals surface area contributed by atoms with Crippen molar-refractivity contribution in [2.45, 2.75) is 6.29 Å². The number of benzene rings is 1. The van der Waals surface area contributed by atoms with E-state index >= 15 is 0 Å². The fraction of sp³-hybridized carbons (Fsp3) is 0.125. The van der Waals surface area contributed by atoms with Gasteiger partial charge in [0.05, 0.1) is 0 Å². The molecule has 0 heterocycles. The number of amides is 1. The molecule has 1 aromatic carbocycles. The van der Waals surface area contributed by atoms with E-state index in [0.717, 1.165) is 0 Å². The first-order chi connectivity index (χ1) is 5.63. The van der Waals surface area contributed by atoms with E-state index in [0.29, 0.717) is 0 Å². The SMILES string of the molecule is NC(=O)c1ccccc1C(O)O. The van der Waals surface area contributed by atoms with E-state index in [1.54, 1.807) is 12.1 Å². The van der Waals surface area contributed by atoms with E-state index < -0.39 is 12.2 Å². The second-order valence-electron chi connectivity index (χ2n) is 2.33. The lowest BCUT2D eigenvalue weighted by Crippen LogP contribution is -2.15. The number of hydrogen-bond donors (Lipinski definition) is 3. The van der Waals surface area contributed by atoms with Crippen molar-refractivity contribution in [1.82, 2.24) is 0 Å². The van der Waals surface area contributed by atoms with Crippen LogP contribution in [0.3, 0.4) is 0 Å². The molecule has 0 saturated heterocycles. The Morgan fingerprint density at radius 1 is 1.33 bits per heavy atom. The Morgan fingerprint density at radius 2 is 1.92 bits per heavy atom. The second-order valence-corrected chi connectivity index (χ2v) is 2.33. The van der Waals surface area contributed by atoms with Gasteiger partial charge in [-0.15, -0.1) is 0 Å². The Kier molecular flexibility index (Phi) is 2.42. The van der Waals surface area contributed by atoms with Crippen LogP contribution < -0.4 is 5.73 Å². The van der Waals surface area contributed by atoms with Crippen molar-refractivity contribution in [2.75, 3.05) is 0 Å². The van der Waals surface area contributed by atoms with Crippen LogP contribution >= 0.6 is 0 Å². The zero-order valence-electron chi connectivity index (χ0n) is 6.27. The normalized spacial score (nSPS) is 10.2. The van der Waals surface area contributed by atoms with Crippen molar-refractivity contribution >= 4 is 5.91 Å². The Hall–Kier alpha value is -1.39. The van der Waals surface area contributed by atoms with Crippen molar-refractivity contribution in [3.63, 3.8) is 0 Å². The number of aliphatic hydroxyl groups excluding tert-OH is 1. The molecule has 0 bridgehead atoms. The van der Waals surface area contributed by atoms with Crippen LogP contribution in [0.4, 0.5) is 0 Å². The third-order valence-corrected chi connectivity index (χ3v) is 1.50. The van der Waals surface area contributed by atoms with Crippen molar-refractivity contribution in [3.05, 3.63) is 35.4 Å². The molecule has 1 amide bonds. The van der Waals surface area contributed by atoms with E-state index in [2.05, 4.69) is 0 Å². The first kappa shape index (κ1) is 8.70. The topological polar surface area (TPSA) is 83.6 Å². The summed E-state index contributed by atoms with van der Waals surface area (Å²) in [6, 6.07) is 6.08. The highest BCUT2D eigenvalue weighted by molar-refractivity contribution is 5.94. The molecule has 0 aliphatic heterocycles. The van der Waals surface area contributed by atoms with Crippen molar-refractivity contribution < 1.29 is 15.0 Å². The summed E-state index contributed by atoms with van der Waals surface area (Å²) in [5.41, 5.74) is 5.25. The molecule has 0 fully saturated rings. The standard InChI is InChI=1S/C8H9NO3/c9-7(10)5-3-1-2-4-6(5)8(11)12/h1-4,8,11-12H,(H2,9,10). The van der Waals surface area contributed by atoms with Crippen molar-refractivity contribution in [2.24, 2.45) is 5.73 Å². The first-order valence-electron chi connectivity index (χ1n) is 3.38. The highest BCUT2D eigenvalue weighted by Gasteiger charge is 2.11. The largest absolute Gasteiger partial charge is 0.366 e. The maximum atomic E-state index is 10.7. The zero-order chi connectivity index (χ0) is 9.14. The van der Waals surface area contributed by atoms with Gasteiger partial charge < -0.3 is 15.9 Å². The van der Waals surface area contributed by atoms with Crippen molar-refractivity contribution in [1.29, 1.82) is 0 Å². The highest BCUT2D eigenvalue weighted by atomic mass is 16.5. The summed E-state index contributed by atoms with van der Waals surface area (Å²) in [7, 11) is 0. The van der Waals surface area contributed by atoms with Crippen LogP contribution in [0.2, 0.25) is 0 Å². The minimum atomic E-state index is -1.66. The van der Waals surface area contributed by atoms with Gasteiger partial charge in [-0.2, -0.15) is 0 Å². The number of carbonyl (C=O) groups is 1. The molecule has 0 aliphatic rings. The molecule has 0 unspecified atom stereocenters. The number of nitrogens with two attached hydrogens (primary N) is 1. The molecule has 4 heteroatoms. The predicted molar refractivity (Wildman–Crippen MR) is 42.1 cm³/mol. The molecule has 0 aliphatic carbocycles. The van der Waals surface area contributed by atoms with E-state index in [9.17, 15) is 4.79 Å². The van der Waals surface area contributed by atoms with E-state index in [1.165, 1.54) is 12.1 Å². The Balaban J connectivity index is 3.17. The third kappa shape index (κ3) is 1.61. The van der Waals surface area contributed by atoms with Crippen LogP contribution in [-0.2, 0) is 0 Å². The highest BCUT2D eigenvalue weighted by Crippen LogP contribution is 2.14. The monoisotopic (exact) mass is 167 g/mol. The number of hydrogen-bond acceptors (Lipinski definition) is 3. The lowest BCUT2D eigenvalue weighted by atomic mass is 10.1. The summed E-state index contributed by atoms with van der Waals surface area (Å²) < 4.78 is 0. The fourth-order valence-corrected chi connectivity index (χ4v) is 0.947. The van der Waals surface area contributed by atoms with Gasteiger partial charge in [-0.1, -0.05) is 18.2 Å². The molecule has 4 nitrogen and oxygen atoms in total. The van der Waals surface area contributed by atoms with Gasteiger partial charge in [-0.25, -0.2) is 0 Å². The number of rotatable bonds is 2. The number of primary amides is 1. The van der Waals surface area contributed by atoms with Gasteiger partial charge in [0.1, 0.15) is 0 Å². The summed E-state index contributed by atoms with van der Waals surface area (Å²) in [5.74, 6) is -0.668. The molecule has 0 atom stereocenters. The molecular weight excluding hydrogens is 158 g/mol. The molecule has 4 N–H and O–H groups in total. The maximum Gasteiger partial charge on any atom is 0.249 e. The van der Waals surface area contributed by atoms with E-state index in [1.807, 2.05) is 0 Å². The molecule has 1 aromatic rings. The van der Waals surface area contributed by atoms with Crippen LogP contribution in [0.1, 0.15) is 22.2 Å².